The summed E-state index contributed by atoms with van der Waals surface area (Å²) in [4.78, 5) is 14.8. The van der Waals surface area contributed by atoms with Gasteiger partial charge in [0.1, 0.15) is 0 Å². The van der Waals surface area contributed by atoms with Gasteiger partial charge in [-0.2, -0.15) is 5.26 Å². The van der Waals surface area contributed by atoms with E-state index in [0.717, 1.165) is 33.4 Å². The van der Waals surface area contributed by atoms with E-state index in [1.165, 1.54) is 38.9 Å². The van der Waals surface area contributed by atoms with Gasteiger partial charge in [-0.1, -0.05) is 166 Å². The number of benzene rings is 7. The minimum Gasteiger partial charge on any atom is -0.208 e. The fraction of sp³-hybridized carbons (Fsp3) is 0.0612. The van der Waals surface area contributed by atoms with Gasteiger partial charge in [0.05, 0.1) is 11.6 Å². The van der Waals surface area contributed by atoms with Gasteiger partial charge in [0.15, 0.2) is 17.5 Å². The van der Waals surface area contributed by atoms with Crippen LogP contribution in [-0.2, 0) is 5.41 Å². The Morgan fingerprint density at radius 1 is 0.377 bits per heavy atom. The number of hydrogen-bond acceptors (Lipinski definition) is 4. The Hall–Kier alpha value is -6.96. The zero-order valence-electron chi connectivity index (χ0n) is 29.5. The van der Waals surface area contributed by atoms with E-state index in [0.29, 0.717) is 23.0 Å². The number of rotatable bonds is 6. The summed E-state index contributed by atoms with van der Waals surface area (Å²) in [5.74, 6) is 1.91. The molecule has 1 heterocycles. The van der Waals surface area contributed by atoms with Crippen molar-refractivity contribution in [3.63, 3.8) is 0 Å². The third kappa shape index (κ3) is 5.89. The van der Waals surface area contributed by atoms with Crippen molar-refractivity contribution in [3.05, 3.63) is 187 Å². The lowest BCUT2D eigenvalue weighted by Crippen LogP contribution is -2.15. The maximum Gasteiger partial charge on any atom is 0.164 e. The SMILES string of the molecule is CC1(C)c2cc(C#N)ccc2-c2ccc(-c3ccc(-c4ccc(-c5nc(-c6ccccc6)nc(-c6ccc(-c7ccccc7)cc6)n5)cc4)cc3)cc21. The molecule has 0 spiro atoms. The van der Waals surface area contributed by atoms with E-state index in [2.05, 4.69) is 141 Å². The summed E-state index contributed by atoms with van der Waals surface area (Å²) in [5.41, 5.74) is 15.2. The molecule has 0 N–H and O–H groups in total. The molecule has 0 bridgehead atoms. The van der Waals surface area contributed by atoms with Crippen molar-refractivity contribution in [2.45, 2.75) is 19.3 Å². The second-order valence-electron chi connectivity index (χ2n) is 14.0. The summed E-state index contributed by atoms with van der Waals surface area (Å²) in [6.07, 6.45) is 0. The monoisotopic (exact) mass is 678 g/mol. The molecule has 7 aromatic carbocycles. The Balaban J connectivity index is 0.999. The molecule has 0 saturated heterocycles. The van der Waals surface area contributed by atoms with E-state index >= 15 is 0 Å². The Labute approximate surface area is 309 Å². The first-order valence-electron chi connectivity index (χ1n) is 17.8. The number of nitriles is 1. The van der Waals surface area contributed by atoms with Crippen molar-refractivity contribution in [2.24, 2.45) is 0 Å². The lowest BCUT2D eigenvalue weighted by molar-refractivity contribution is 0.660. The van der Waals surface area contributed by atoms with E-state index in [4.69, 9.17) is 15.0 Å². The van der Waals surface area contributed by atoms with Crippen LogP contribution in [0, 0.1) is 11.3 Å². The van der Waals surface area contributed by atoms with Gasteiger partial charge in [0, 0.05) is 22.1 Å². The minimum absolute atomic E-state index is 0.177. The lowest BCUT2D eigenvalue weighted by Gasteiger charge is -2.22. The predicted octanol–water partition coefficient (Wildman–Crippen LogP) is 12.1. The highest BCUT2D eigenvalue weighted by molar-refractivity contribution is 5.84. The van der Waals surface area contributed by atoms with Crippen LogP contribution in [0.2, 0.25) is 0 Å². The number of hydrogen-bond donors (Lipinski definition) is 0. The quantitative estimate of drug-likeness (QED) is 0.176. The molecule has 0 aliphatic heterocycles. The molecule has 9 rings (SSSR count). The highest BCUT2D eigenvalue weighted by atomic mass is 15.0. The van der Waals surface area contributed by atoms with Crippen LogP contribution in [0.3, 0.4) is 0 Å². The Kier molecular flexibility index (Phi) is 7.83. The lowest BCUT2D eigenvalue weighted by atomic mass is 9.81. The van der Waals surface area contributed by atoms with E-state index in [1.807, 2.05) is 48.5 Å². The van der Waals surface area contributed by atoms with Gasteiger partial charge in [-0.3, -0.25) is 0 Å². The molecule has 53 heavy (non-hydrogen) atoms. The maximum atomic E-state index is 9.50. The molecular formula is C49H34N4. The second-order valence-corrected chi connectivity index (χ2v) is 14.0. The molecule has 0 atom stereocenters. The van der Waals surface area contributed by atoms with Crippen LogP contribution in [-0.4, -0.2) is 15.0 Å². The average molecular weight is 679 g/mol. The number of aromatic nitrogens is 3. The van der Waals surface area contributed by atoms with Crippen LogP contribution in [0.25, 0.3) is 78.7 Å². The third-order valence-corrected chi connectivity index (χ3v) is 10.4. The largest absolute Gasteiger partial charge is 0.208 e. The first kappa shape index (κ1) is 32.0. The zero-order chi connectivity index (χ0) is 35.9. The molecule has 0 unspecified atom stereocenters. The van der Waals surface area contributed by atoms with E-state index in [9.17, 15) is 5.26 Å². The van der Waals surface area contributed by atoms with Crippen LogP contribution < -0.4 is 0 Å². The molecule has 0 saturated carbocycles. The van der Waals surface area contributed by atoms with Gasteiger partial charge >= 0.3 is 0 Å². The third-order valence-electron chi connectivity index (χ3n) is 10.4. The topological polar surface area (TPSA) is 62.5 Å². The molecule has 4 nitrogen and oxygen atoms in total. The Bertz CT molecular complexity index is 2650. The van der Waals surface area contributed by atoms with Crippen molar-refractivity contribution in [1.82, 2.24) is 15.0 Å². The van der Waals surface area contributed by atoms with Crippen LogP contribution in [0.4, 0.5) is 0 Å². The predicted molar refractivity (Wildman–Crippen MR) is 215 cm³/mol. The second kappa shape index (κ2) is 13.0. The number of fused-ring (bicyclic) bond motifs is 3. The first-order valence-corrected chi connectivity index (χ1v) is 17.8. The van der Waals surface area contributed by atoms with Crippen molar-refractivity contribution in [2.75, 3.05) is 0 Å². The molecule has 250 valence electrons. The summed E-state index contributed by atoms with van der Waals surface area (Å²) in [5, 5.41) is 9.50. The van der Waals surface area contributed by atoms with Gasteiger partial charge in [0.2, 0.25) is 0 Å². The summed E-state index contributed by atoms with van der Waals surface area (Å²) in [6.45, 7) is 4.50. The van der Waals surface area contributed by atoms with Crippen LogP contribution in [0.15, 0.2) is 170 Å². The molecule has 1 aliphatic carbocycles. The Morgan fingerprint density at radius 3 is 1.19 bits per heavy atom. The fourth-order valence-corrected chi connectivity index (χ4v) is 7.45. The summed E-state index contributed by atoms with van der Waals surface area (Å²) >= 11 is 0. The molecule has 1 aromatic heterocycles. The first-order chi connectivity index (χ1) is 25.9. The molecule has 8 aromatic rings. The van der Waals surface area contributed by atoms with Gasteiger partial charge in [-0.15, -0.1) is 0 Å². The van der Waals surface area contributed by atoms with Crippen molar-refractivity contribution >= 4 is 0 Å². The highest BCUT2D eigenvalue weighted by Gasteiger charge is 2.35. The standard InChI is InChI=1S/C49H34N4/c1-49(2)44-29-32(31-50)13-27-42(44)43-28-26-41(30-45(43)49)37-16-14-35(15-17-37)36-20-24-40(25-21-36)48-52-46(38-11-7-4-8-12-38)51-47(53-48)39-22-18-34(19-23-39)33-9-5-3-6-10-33/h3-30H,1-2H3. The van der Waals surface area contributed by atoms with Crippen LogP contribution in [0.5, 0.6) is 0 Å². The summed E-state index contributed by atoms with van der Waals surface area (Å²) in [7, 11) is 0. The zero-order valence-corrected chi connectivity index (χ0v) is 29.5. The highest BCUT2D eigenvalue weighted by Crippen LogP contribution is 2.50. The Morgan fingerprint density at radius 2 is 0.717 bits per heavy atom. The van der Waals surface area contributed by atoms with Crippen LogP contribution in [0.1, 0.15) is 30.5 Å². The van der Waals surface area contributed by atoms with Crippen LogP contribution >= 0.6 is 0 Å². The summed E-state index contributed by atoms with van der Waals surface area (Å²) in [6, 6.07) is 61.1. The molecule has 1 aliphatic rings. The minimum atomic E-state index is -0.177. The maximum absolute atomic E-state index is 9.50. The van der Waals surface area contributed by atoms with E-state index in [-0.39, 0.29) is 5.41 Å². The van der Waals surface area contributed by atoms with Gasteiger partial charge in [0.25, 0.3) is 0 Å². The van der Waals surface area contributed by atoms with Gasteiger partial charge in [-0.25, -0.2) is 15.0 Å². The average Bonchev–Trinajstić information content (AvgIpc) is 3.46. The molecular weight excluding hydrogens is 645 g/mol. The van der Waals surface area contributed by atoms with Gasteiger partial charge in [-0.05, 0) is 73.8 Å². The molecule has 0 fully saturated rings. The molecule has 0 amide bonds. The normalized spacial score (nSPS) is 12.5. The fourth-order valence-electron chi connectivity index (χ4n) is 7.45. The van der Waals surface area contributed by atoms with Crippen molar-refractivity contribution < 1.29 is 0 Å². The van der Waals surface area contributed by atoms with E-state index < -0.39 is 0 Å². The van der Waals surface area contributed by atoms with Crippen molar-refractivity contribution in [1.29, 1.82) is 5.26 Å². The molecule has 4 heteroatoms. The van der Waals surface area contributed by atoms with E-state index in [1.54, 1.807) is 0 Å². The number of nitrogens with zero attached hydrogens (tertiary/aromatic N) is 4. The smallest absolute Gasteiger partial charge is 0.164 e. The molecule has 0 radical (unpaired) electrons. The van der Waals surface area contributed by atoms with Crippen molar-refractivity contribution in [3.8, 4) is 84.7 Å². The van der Waals surface area contributed by atoms with Gasteiger partial charge < -0.3 is 0 Å². The summed E-state index contributed by atoms with van der Waals surface area (Å²) < 4.78 is 0.